The molecule has 108 valence electrons. The van der Waals surface area contributed by atoms with E-state index in [1.165, 1.54) is 45.3 Å². The molecule has 18 heavy (non-hydrogen) atoms. The van der Waals surface area contributed by atoms with E-state index in [0.29, 0.717) is 0 Å². The first-order chi connectivity index (χ1) is 8.74. The van der Waals surface area contributed by atoms with Gasteiger partial charge in [-0.25, -0.2) is 0 Å². The molecule has 0 aromatic heterocycles. The van der Waals surface area contributed by atoms with Crippen LogP contribution in [0, 0.1) is 0 Å². The third-order valence-corrected chi connectivity index (χ3v) is 3.85. The lowest BCUT2D eigenvalue weighted by Gasteiger charge is -2.35. The molecule has 4 nitrogen and oxygen atoms in total. The average Bonchev–Trinajstić information content (AvgIpc) is 2.38. The van der Waals surface area contributed by atoms with Gasteiger partial charge in [-0.05, 0) is 66.0 Å². The Morgan fingerprint density at radius 2 is 1.89 bits per heavy atom. The molecule has 1 heterocycles. The molecule has 0 amide bonds. The lowest BCUT2D eigenvalue weighted by molar-refractivity contribution is 0.143. The van der Waals surface area contributed by atoms with Gasteiger partial charge in [0, 0.05) is 19.7 Å². The topological polar surface area (TPSA) is 27.7 Å². The fourth-order valence-corrected chi connectivity index (χ4v) is 2.54. The first-order valence-corrected chi connectivity index (χ1v) is 7.32. The molecule has 1 aliphatic rings. The Kier molecular flexibility index (Phi) is 8.59. The second kappa shape index (κ2) is 9.73. The van der Waals surface area contributed by atoms with Crippen LogP contribution in [0.4, 0.5) is 0 Å². The number of unbranched alkanes of at least 4 members (excludes halogenated alkanes) is 1. The van der Waals surface area contributed by atoms with Gasteiger partial charge in [0.25, 0.3) is 0 Å². The molecular formula is C14H31N3O. The zero-order valence-electron chi connectivity index (χ0n) is 12.5. The summed E-state index contributed by atoms with van der Waals surface area (Å²) >= 11 is 0. The number of likely N-dealkylation sites (tertiary alicyclic amines) is 1. The lowest BCUT2D eigenvalue weighted by Crippen LogP contribution is -2.42. The van der Waals surface area contributed by atoms with E-state index < -0.39 is 0 Å². The van der Waals surface area contributed by atoms with Gasteiger partial charge in [0.1, 0.15) is 0 Å². The van der Waals surface area contributed by atoms with Crippen molar-refractivity contribution < 1.29 is 4.74 Å². The van der Waals surface area contributed by atoms with Gasteiger partial charge in [0.2, 0.25) is 0 Å². The Hall–Kier alpha value is -0.160. The molecule has 1 N–H and O–H groups in total. The predicted molar refractivity (Wildman–Crippen MR) is 77.1 cm³/mol. The molecule has 0 unspecified atom stereocenters. The molecule has 0 aromatic rings. The summed E-state index contributed by atoms with van der Waals surface area (Å²) in [5.74, 6) is 0. The molecule has 0 spiro atoms. The molecule has 0 radical (unpaired) electrons. The van der Waals surface area contributed by atoms with Gasteiger partial charge >= 0.3 is 0 Å². The molecule has 0 bridgehead atoms. The van der Waals surface area contributed by atoms with Crippen LogP contribution in [0.5, 0.6) is 0 Å². The maximum atomic E-state index is 5.00. The highest BCUT2D eigenvalue weighted by atomic mass is 16.5. The van der Waals surface area contributed by atoms with Crippen LogP contribution >= 0.6 is 0 Å². The molecule has 4 heteroatoms. The van der Waals surface area contributed by atoms with Gasteiger partial charge < -0.3 is 19.9 Å². The van der Waals surface area contributed by atoms with Gasteiger partial charge in [-0.2, -0.15) is 0 Å². The van der Waals surface area contributed by atoms with Crippen LogP contribution in [0.2, 0.25) is 0 Å². The van der Waals surface area contributed by atoms with E-state index in [-0.39, 0.29) is 0 Å². The van der Waals surface area contributed by atoms with Crippen LogP contribution in [0.25, 0.3) is 0 Å². The zero-order valence-corrected chi connectivity index (χ0v) is 12.5. The van der Waals surface area contributed by atoms with E-state index >= 15 is 0 Å². The smallest absolute Gasteiger partial charge is 0.0587 e. The van der Waals surface area contributed by atoms with Crippen LogP contribution in [-0.4, -0.2) is 76.4 Å². The largest absolute Gasteiger partial charge is 0.383 e. The van der Waals surface area contributed by atoms with Gasteiger partial charge in [0.15, 0.2) is 0 Å². The minimum absolute atomic E-state index is 0.803. The van der Waals surface area contributed by atoms with Gasteiger partial charge in [-0.1, -0.05) is 0 Å². The standard InChI is InChI=1S/C14H31N3O/c1-16(2)14-6-11-17(12-7-14)10-5-4-8-15-9-13-18-3/h14-15H,4-13H2,1-3H3. The SMILES string of the molecule is COCCNCCCCN1CCC(N(C)C)CC1. The van der Waals surface area contributed by atoms with E-state index in [1.54, 1.807) is 7.11 Å². The third-order valence-electron chi connectivity index (χ3n) is 3.85. The number of rotatable bonds is 9. The van der Waals surface area contributed by atoms with Crippen molar-refractivity contribution in [1.29, 1.82) is 0 Å². The Balaban J connectivity index is 1.91. The average molecular weight is 257 g/mol. The van der Waals surface area contributed by atoms with Crippen molar-refractivity contribution in [1.82, 2.24) is 15.1 Å². The van der Waals surface area contributed by atoms with Crippen molar-refractivity contribution in [3.8, 4) is 0 Å². The summed E-state index contributed by atoms with van der Waals surface area (Å²) in [6.45, 7) is 6.74. The molecule has 1 fully saturated rings. The monoisotopic (exact) mass is 257 g/mol. The number of ether oxygens (including phenoxy) is 1. The quantitative estimate of drug-likeness (QED) is 0.624. The number of piperidine rings is 1. The van der Waals surface area contributed by atoms with Gasteiger partial charge in [-0.3, -0.25) is 0 Å². The molecule has 0 aliphatic carbocycles. The molecule has 0 aromatic carbocycles. The molecule has 1 saturated heterocycles. The minimum Gasteiger partial charge on any atom is -0.383 e. The first kappa shape index (κ1) is 15.9. The summed E-state index contributed by atoms with van der Waals surface area (Å²) in [7, 11) is 6.15. The number of hydrogen-bond donors (Lipinski definition) is 1. The van der Waals surface area contributed by atoms with Crippen LogP contribution in [0.3, 0.4) is 0 Å². The first-order valence-electron chi connectivity index (χ1n) is 7.32. The Morgan fingerprint density at radius 3 is 2.50 bits per heavy atom. The van der Waals surface area contributed by atoms with Crippen molar-refractivity contribution in [2.24, 2.45) is 0 Å². The van der Waals surface area contributed by atoms with Crippen LogP contribution in [0.15, 0.2) is 0 Å². The van der Waals surface area contributed by atoms with Crippen LogP contribution < -0.4 is 5.32 Å². The van der Waals surface area contributed by atoms with Crippen molar-refractivity contribution >= 4 is 0 Å². The van der Waals surface area contributed by atoms with E-state index in [4.69, 9.17) is 4.74 Å². The highest BCUT2D eigenvalue weighted by Crippen LogP contribution is 2.14. The summed E-state index contributed by atoms with van der Waals surface area (Å²) in [4.78, 5) is 4.99. The molecule has 0 saturated carbocycles. The maximum Gasteiger partial charge on any atom is 0.0587 e. The Labute approximate surface area is 113 Å². The molecule has 0 atom stereocenters. The summed E-state index contributed by atoms with van der Waals surface area (Å²) < 4.78 is 5.00. The van der Waals surface area contributed by atoms with E-state index in [2.05, 4.69) is 29.2 Å². The Morgan fingerprint density at radius 1 is 1.17 bits per heavy atom. The van der Waals surface area contributed by atoms with Crippen molar-refractivity contribution in [3.63, 3.8) is 0 Å². The summed E-state index contributed by atoms with van der Waals surface area (Å²) in [5.41, 5.74) is 0. The number of methoxy groups -OCH3 is 1. The third kappa shape index (κ3) is 6.69. The molecular weight excluding hydrogens is 226 g/mol. The summed E-state index contributed by atoms with van der Waals surface area (Å²) in [6.07, 6.45) is 5.25. The highest BCUT2D eigenvalue weighted by molar-refractivity contribution is 4.76. The predicted octanol–water partition coefficient (Wildman–Crippen LogP) is 1.03. The summed E-state index contributed by atoms with van der Waals surface area (Å²) in [6, 6.07) is 0.803. The molecule has 1 rings (SSSR count). The number of hydrogen-bond acceptors (Lipinski definition) is 4. The second-order valence-corrected chi connectivity index (χ2v) is 5.49. The fraction of sp³-hybridized carbons (Fsp3) is 1.00. The lowest BCUT2D eigenvalue weighted by atomic mass is 10.0. The van der Waals surface area contributed by atoms with Gasteiger partial charge in [0.05, 0.1) is 6.61 Å². The van der Waals surface area contributed by atoms with E-state index in [1.807, 2.05) is 0 Å². The second-order valence-electron chi connectivity index (χ2n) is 5.49. The van der Waals surface area contributed by atoms with E-state index in [9.17, 15) is 0 Å². The van der Waals surface area contributed by atoms with E-state index in [0.717, 1.165) is 25.7 Å². The van der Waals surface area contributed by atoms with Crippen LogP contribution in [0.1, 0.15) is 25.7 Å². The highest BCUT2D eigenvalue weighted by Gasteiger charge is 2.19. The summed E-state index contributed by atoms with van der Waals surface area (Å²) in [5, 5.41) is 3.40. The fourth-order valence-electron chi connectivity index (χ4n) is 2.54. The Bertz CT molecular complexity index is 191. The minimum atomic E-state index is 0.803. The van der Waals surface area contributed by atoms with Crippen molar-refractivity contribution in [3.05, 3.63) is 0 Å². The van der Waals surface area contributed by atoms with Crippen LogP contribution in [-0.2, 0) is 4.74 Å². The van der Waals surface area contributed by atoms with Crippen molar-refractivity contribution in [2.45, 2.75) is 31.7 Å². The molecule has 1 aliphatic heterocycles. The maximum absolute atomic E-state index is 5.00. The zero-order chi connectivity index (χ0) is 13.2. The van der Waals surface area contributed by atoms with Crippen molar-refractivity contribution in [2.75, 3.05) is 60.5 Å². The number of nitrogens with zero attached hydrogens (tertiary/aromatic N) is 2. The van der Waals surface area contributed by atoms with Gasteiger partial charge in [-0.15, -0.1) is 0 Å². The number of nitrogens with one attached hydrogen (secondary N) is 1. The normalized spacial score (nSPS) is 18.7.